The molecule has 6 fully saturated rings. The number of rotatable bonds is 59. The van der Waals surface area contributed by atoms with Gasteiger partial charge in [-0.1, -0.05) is 180 Å². The van der Waals surface area contributed by atoms with Crippen LogP contribution < -0.4 is 21.3 Å². The summed E-state index contributed by atoms with van der Waals surface area (Å²) in [5.41, 5.74) is 0. The molecule has 0 radical (unpaired) electrons. The van der Waals surface area contributed by atoms with Crippen molar-refractivity contribution in [1.29, 1.82) is 0 Å². The van der Waals surface area contributed by atoms with E-state index >= 15 is 0 Å². The minimum atomic E-state index is -3.39. The fraction of sp³-hybridized carbons (Fsp3) is 0.905. The SMILES string of the molecule is CCCCCCCCCCCCC/C=C/[C@@H](O)[C@H](CO[C@@H]1OC(CO)[C@@H](O[C@@H]2OC(CO)[C@H](O[C@@H]3OC(CO[C@]4(C(=O)O)CC(O)[C@@H](NC(C)=O)C([C@H](O)[C@@H](CO)O[C@]5(C(=O)O)CC(O)[C@@H](NC(C)=O)C([C@H](O)[C@H](O)CO)O5)O4)[C@H](O)[C@H](O[C@@H]4OC(CO)[C@H](O)[C@H](O)C4O)C3NC(C)=O)[C@H](O)C2O)[C@H](O)C1O)NC(=O)CCCCCCCCCCCCCCCCC. The summed E-state index contributed by atoms with van der Waals surface area (Å²) < 4.78 is 71.1. The van der Waals surface area contributed by atoms with Crippen LogP contribution in [0.4, 0.5) is 0 Å². The van der Waals surface area contributed by atoms with Gasteiger partial charge >= 0.3 is 11.9 Å². The Hall–Kier alpha value is -4.68. The fourth-order valence-corrected chi connectivity index (χ4v) is 16.8. The van der Waals surface area contributed by atoms with E-state index in [1.165, 1.54) is 103 Å². The number of nitrogens with one attached hydrogen (secondary N) is 4. The van der Waals surface area contributed by atoms with E-state index in [1.807, 2.05) is 6.08 Å². The Kier molecular flexibility index (Phi) is 49.4. The minimum Gasteiger partial charge on any atom is -0.477 e. The summed E-state index contributed by atoms with van der Waals surface area (Å²) in [6.45, 7) is -0.693. The van der Waals surface area contributed by atoms with Crippen LogP contribution in [0, 0.1) is 0 Å². The van der Waals surface area contributed by atoms with Crippen molar-refractivity contribution in [2.75, 3.05) is 46.2 Å². The molecule has 34 atom stereocenters. The van der Waals surface area contributed by atoms with Gasteiger partial charge in [-0.25, -0.2) is 9.59 Å². The summed E-state index contributed by atoms with van der Waals surface area (Å²) in [4.78, 5) is 79.0. The third-order valence-electron chi connectivity index (χ3n) is 24.1. The number of aliphatic hydroxyl groups is 19. The predicted octanol–water partition coefficient (Wildman–Crippen LogP) is -3.87. The maximum atomic E-state index is 13.8. The van der Waals surface area contributed by atoms with Crippen molar-refractivity contribution in [2.24, 2.45) is 0 Å². The third-order valence-corrected chi connectivity index (χ3v) is 24.1. The number of unbranched alkanes of at least 4 members (excludes halogenated alkanes) is 25. The molecule has 12 unspecified atom stereocenters. The highest BCUT2D eigenvalue weighted by Crippen LogP contribution is 2.41. The molecule has 127 heavy (non-hydrogen) atoms. The summed E-state index contributed by atoms with van der Waals surface area (Å²) in [7, 11) is 0. The number of ether oxygens (including phenoxy) is 12. The Balaban J connectivity index is 1.21. The summed E-state index contributed by atoms with van der Waals surface area (Å²) in [5, 5.41) is 245. The molecule has 6 aliphatic rings. The first-order valence-corrected chi connectivity index (χ1v) is 45.2. The molecule has 0 bridgehead atoms. The number of carboxylic acids is 2. The number of carbonyl (C=O) groups excluding carboxylic acids is 4. The molecule has 4 amide bonds. The number of carboxylic acid groups (broad SMARTS) is 2. The first kappa shape index (κ1) is 111. The van der Waals surface area contributed by atoms with E-state index in [0.717, 1.165) is 78.6 Å². The third kappa shape index (κ3) is 32.8. The molecule has 0 spiro atoms. The van der Waals surface area contributed by atoms with Crippen LogP contribution in [0.25, 0.3) is 0 Å². The van der Waals surface area contributed by atoms with Gasteiger partial charge in [-0.05, 0) is 19.3 Å². The zero-order chi connectivity index (χ0) is 93.8. The zero-order valence-corrected chi connectivity index (χ0v) is 73.5. The van der Waals surface area contributed by atoms with Crippen LogP contribution in [-0.4, -0.2) is 396 Å². The highest BCUT2D eigenvalue weighted by atomic mass is 16.8. The Bertz CT molecular complexity index is 3200. The quantitative estimate of drug-likeness (QED) is 0.0205. The van der Waals surface area contributed by atoms with Gasteiger partial charge in [0.05, 0.1) is 82.7 Å². The summed E-state index contributed by atoms with van der Waals surface area (Å²) in [6.07, 6.45) is -28.9. The standard InChI is InChI=1S/C84H148N4O39/c1-6-8-10-12-14-16-18-20-21-23-25-27-29-31-33-35-58(101)88-48(49(97)34-32-30-28-26-24-22-19-17-15-13-11-9-7-2)43-116-78-70(110)67(107)73(55(41-92)119-78)123-80-71(111)68(108)72(56(42-93)120-80)122-77-61(87-47(5)96)74(124-79-69(109)66(106)63(103)53(39-90)118-79)65(105)57(121-77)44-117-83(81(112)113)36-50(98)60(86-46(4)95)76(126-83)64(104)54(40-91)125-84(82(114)115)37-51(99)59(85-45(3)94)75(127-84)62(102)52(100)38-89/h32,34,48-57,59-80,89-93,97-100,102-111H,6-31,33,35-44H2,1-5H3,(H,85,94)(H,86,95)(H,87,96)(H,88,101)(H,112,113)(H,114,115)/b34-32+/t48-,49+,50?,51?,52+,53?,54+,55?,56?,57?,59+,60+,61?,62+,63-,64+,65-,66-,67+,68+,69?,70?,71?,72-,73+,74+,75?,76?,77-,78+,79-,80-,83+,84+/m0/s1. The molecule has 6 saturated heterocycles. The van der Waals surface area contributed by atoms with Crippen molar-refractivity contribution < 1.29 is 193 Å². The lowest BCUT2D eigenvalue weighted by Crippen LogP contribution is -2.71. The van der Waals surface area contributed by atoms with Gasteiger partial charge in [0.2, 0.25) is 23.6 Å². The van der Waals surface area contributed by atoms with Crippen LogP contribution in [0.1, 0.15) is 227 Å². The Labute approximate surface area is 740 Å². The number of amides is 4. The van der Waals surface area contributed by atoms with Crippen molar-refractivity contribution in [3.05, 3.63) is 12.2 Å². The maximum Gasteiger partial charge on any atom is 0.364 e. The molecule has 738 valence electrons. The lowest BCUT2D eigenvalue weighted by molar-refractivity contribution is -0.383. The van der Waals surface area contributed by atoms with Crippen LogP contribution in [0.2, 0.25) is 0 Å². The number of aliphatic hydroxyl groups excluding tert-OH is 19. The van der Waals surface area contributed by atoms with Crippen molar-refractivity contribution in [3.63, 3.8) is 0 Å². The summed E-state index contributed by atoms with van der Waals surface area (Å²) in [5.74, 6) is -14.4. The largest absolute Gasteiger partial charge is 0.477 e. The minimum absolute atomic E-state index is 0.136. The number of aliphatic carboxylic acids is 2. The Morgan fingerprint density at radius 3 is 1.30 bits per heavy atom. The van der Waals surface area contributed by atoms with Crippen LogP contribution in [0.3, 0.4) is 0 Å². The Morgan fingerprint density at radius 1 is 0.433 bits per heavy atom. The van der Waals surface area contributed by atoms with Gasteiger partial charge in [0, 0.05) is 40.0 Å². The number of allylic oxidation sites excluding steroid dienone is 1. The monoisotopic (exact) mass is 1840 g/mol. The van der Waals surface area contributed by atoms with E-state index in [2.05, 4.69) is 35.1 Å². The maximum absolute atomic E-state index is 13.8. The average molecular weight is 1840 g/mol. The molecule has 43 heteroatoms. The van der Waals surface area contributed by atoms with Crippen molar-refractivity contribution in [3.8, 4) is 0 Å². The van der Waals surface area contributed by atoms with Crippen LogP contribution in [0.5, 0.6) is 0 Å². The second kappa shape index (κ2) is 56.5. The van der Waals surface area contributed by atoms with Crippen molar-refractivity contribution in [2.45, 2.75) is 435 Å². The molecule has 6 heterocycles. The van der Waals surface area contributed by atoms with Crippen molar-refractivity contribution in [1.82, 2.24) is 21.3 Å². The number of carbonyl (C=O) groups is 6. The highest BCUT2D eigenvalue weighted by molar-refractivity contribution is 5.78. The lowest BCUT2D eigenvalue weighted by Gasteiger charge is -2.51. The molecule has 0 aromatic heterocycles. The molecule has 0 aliphatic carbocycles. The molecule has 25 N–H and O–H groups in total. The smallest absolute Gasteiger partial charge is 0.364 e. The first-order valence-electron chi connectivity index (χ1n) is 45.2. The van der Waals surface area contributed by atoms with E-state index in [1.54, 1.807) is 6.08 Å². The van der Waals surface area contributed by atoms with Crippen LogP contribution >= 0.6 is 0 Å². The van der Waals surface area contributed by atoms with Gasteiger partial charge < -0.3 is 185 Å². The molecule has 43 nitrogen and oxygen atoms in total. The second-order valence-corrected chi connectivity index (χ2v) is 34.3. The van der Waals surface area contributed by atoms with Gasteiger partial charge in [0.25, 0.3) is 11.6 Å². The van der Waals surface area contributed by atoms with E-state index in [0.29, 0.717) is 12.8 Å². The van der Waals surface area contributed by atoms with Crippen LogP contribution in [0.15, 0.2) is 12.2 Å². The first-order chi connectivity index (χ1) is 60.5. The zero-order valence-electron chi connectivity index (χ0n) is 73.5. The van der Waals surface area contributed by atoms with Gasteiger partial charge in [-0.15, -0.1) is 0 Å². The van der Waals surface area contributed by atoms with E-state index in [4.69, 9.17) is 56.8 Å². The molecule has 6 aliphatic heterocycles. The van der Waals surface area contributed by atoms with Crippen molar-refractivity contribution >= 4 is 35.6 Å². The lowest BCUT2D eigenvalue weighted by atomic mass is 9.87. The van der Waals surface area contributed by atoms with E-state index in [-0.39, 0.29) is 12.3 Å². The van der Waals surface area contributed by atoms with Gasteiger partial charge in [-0.2, -0.15) is 0 Å². The van der Waals surface area contributed by atoms with Crippen LogP contribution in [-0.2, 0) is 85.6 Å². The molecular weight excluding hydrogens is 1690 g/mol. The van der Waals surface area contributed by atoms with Gasteiger partial charge in [0.1, 0.15) is 134 Å². The Morgan fingerprint density at radius 2 is 0.835 bits per heavy atom. The van der Waals surface area contributed by atoms with Gasteiger partial charge in [-0.3, -0.25) is 19.2 Å². The van der Waals surface area contributed by atoms with E-state index < -0.39 is 296 Å². The fourth-order valence-electron chi connectivity index (χ4n) is 16.8. The second-order valence-electron chi connectivity index (χ2n) is 34.3. The topological polar surface area (TPSA) is 686 Å². The number of hydrogen-bond donors (Lipinski definition) is 25. The predicted molar refractivity (Wildman–Crippen MR) is 440 cm³/mol. The normalized spacial score (nSPS) is 35.1. The molecule has 6 rings (SSSR count). The number of hydrogen-bond acceptors (Lipinski definition) is 37. The highest BCUT2D eigenvalue weighted by Gasteiger charge is 2.63. The average Bonchev–Trinajstić information content (AvgIpc) is 0.760. The van der Waals surface area contributed by atoms with Gasteiger partial charge in [0.15, 0.2) is 25.2 Å². The summed E-state index contributed by atoms with van der Waals surface area (Å²) in [6, 6.07) is -6.90. The molecule has 0 aromatic rings. The van der Waals surface area contributed by atoms with E-state index in [9.17, 15) is 136 Å². The molecule has 0 saturated carbocycles. The summed E-state index contributed by atoms with van der Waals surface area (Å²) >= 11 is 0. The molecular formula is C84H148N4O39. The molecule has 0 aromatic carbocycles.